The molecule has 3 aromatic carbocycles. The molecule has 0 bridgehead atoms. The smallest absolute Gasteiger partial charge is 0.303 e. The summed E-state index contributed by atoms with van der Waals surface area (Å²) < 4.78 is 0. The molecule has 3 aromatic rings. The SMILES string of the molecule is O=C(O)CCc1ccc(NC(=O)Cc2ccccc2Nc2c(Cl)cccc2Cl)cc1. The molecule has 1 amide bonds. The number of rotatable bonds is 8. The maximum absolute atomic E-state index is 12.6. The zero-order valence-electron chi connectivity index (χ0n) is 16.0. The molecule has 7 heteroatoms. The molecule has 30 heavy (non-hydrogen) atoms. The summed E-state index contributed by atoms with van der Waals surface area (Å²) in [5.74, 6) is -1.01. The largest absolute Gasteiger partial charge is 0.481 e. The monoisotopic (exact) mass is 442 g/mol. The van der Waals surface area contributed by atoms with Crippen molar-refractivity contribution in [3.8, 4) is 0 Å². The average Bonchev–Trinajstić information content (AvgIpc) is 2.71. The Morgan fingerprint density at radius 3 is 2.20 bits per heavy atom. The van der Waals surface area contributed by atoms with Crippen LogP contribution < -0.4 is 10.6 Å². The number of para-hydroxylation sites is 2. The molecule has 154 valence electrons. The van der Waals surface area contributed by atoms with Gasteiger partial charge in [0.1, 0.15) is 0 Å². The number of carbonyl (C=O) groups is 2. The van der Waals surface area contributed by atoms with Gasteiger partial charge in [-0.15, -0.1) is 0 Å². The molecular formula is C23H20Cl2N2O3. The summed E-state index contributed by atoms with van der Waals surface area (Å²) in [5, 5.41) is 15.8. The number of hydrogen-bond acceptors (Lipinski definition) is 3. The minimum absolute atomic E-state index is 0.0743. The topological polar surface area (TPSA) is 78.4 Å². The molecular weight excluding hydrogens is 423 g/mol. The van der Waals surface area contributed by atoms with Crippen LogP contribution in [0.15, 0.2) is 66.7 Å². The first-order chi connectivity index (χ1) is 14.4. The van der Waals surface area contributed by atoms with Crippen molar-refractivity contribution in [1.29, 1.82) is 0 Å². The fraction of sp³-hybridized carbons (Fsp3) is 0.130. The lowest BCUT2D eigenvalue weighted by molar-refractivity contribution is -0.137. The lowest BCUT2D eigenvalue weighted by Crippen LogP contribution is -2.15. The summed E-state index contributed by atoms with van der Waals surface area (Å²) in [7, 11) is 0. The van der Waals surface area contributed by atoms with Gasteiger partial charge in [0, 0.05) is 17.8 Å². The summed E-state index contributed by atoms with van der Waals surface area (Å²) in [6.07, 6.45) is 0.685. The molecule has 0 saturated heterocycles. The van der Waals surface area contributed by atoms with Crippen molar-refractivity contribution in [3.05, 3.63) is 87.9 Å². The number of nitrogens with one attached hydrogen (secondary N) is 2. The number of amides is 1. The second kappa shape index (κ2) is 10.1. The minimum atomic E-state index is -0.835. The van der Waals surface area contributed by atoms with Gasteiger partial charge in [-0.25, -0.2) is 0 Å². The van der Waals surface area contributed by atoms with E-state index < -0.39 is 5.97 Å². The molecule has 0 aliphatic carbocycles. The van der Waals surface area contributed by atoms with Crippen molar-refractivity contribution in [1.82, 2.24) is 0 Å². The number of carboxylic acid groups (broad SMARTS) is 1. The van der Waals surface area contributed by atoms with E-state index >= 15 is 0 Å². The summed E-state index contributed by atoms with van der Waals surface area (Å²) in [4.78, 5) is 23.2. The first-order valence-corrected chi connectivity index (χ1v) is 10.1. The van der Waals surface area contributed by atoms with E-state index in [0.717, 1.165) is 16.8 Å². The molecule has 0 aromatic heterocycles. The Balaban J connectivity index is 1.67. The first-order valence-electron chi connectivity index (χ1n) is 9.32. The van der Waals surface area contributed by atoms with Crippen molar-refractivity contribution in [2.24, 2.45) is 0 Å². The number of anilines is 3. The maximum Gasteiger partial charge on any atom is 0.303 e. The average molecular weight is 443 g/mol. The van der Waals surface area contributed by atoms with Gasteiger partial charge in [-0.2, -0.15) is 0 Å². The van der Waals surface area contributed by atoms with E-state index in [2.05, 4.69) is 10.6 Å². The quantitative estimate of drug-likeness (QED) is 0.403. The summed E-state index contributed by atoms with van der Waals surface area (Å²) >= 11 is 12.5. The minimum Gasteiger partial charge on any atom is -0.481 e. The standard InChI is InChI=1S/C23H20Cl2N2O3/c24-18-5-3-6-19(25)23(18)27-20-7-2-1-4-16(20)14-21(28)26-17-11-8-15(9-12-17)10-13-22(29)30/h1-9,11-12,27H,10,13-14H2,(H,26,28)(H,29,30). The number of aryl methyl sites for hydroxylation is 1. The number of halogens is 2. The van der Waals surface area contributed by atoms with Gasteiger partial charge in [0.25, 0.3) is 0 Å². The van der Waals surface area contributed by atoms with E-state index in [-0.39, 0.29) is 18.7 Å². The predicted molar refractivity (Wildman–Crippen MR) is 121 cm³/mol. The van der Waals surface area contributed by atoms with Crippen LogP contribution in [0.25, 0.3) is 0 Å². The molecule has 0 radical (unpaired) electrons. The van der Waals surface area contributed by atoms with Gasteiger partial charge in [0.05, 0.1) is 22.2 Å². The molecule has 0 aliphatic rings. The maximum atomic E-state index is 12.6. The first kappa shape index (κ1) is 21.7. The van der Waals surface area contributed by atoms with Crippen LogP contribution in [-0.4, -0.2) is 17.0 Å². The van der Waals surface area contributed by atoms with Crippen molar-refractivity contribution in [3.63, 3.8) is 0 Å². The molecule has 0 saturated carbocycles. The fourth-order valence-electron chi connectivity index (χ4n) is 2.93. The van der Waals surface area contributed by atoms with Gasteiger partial charge in [0.15, 0.2) is 0 Å². The number of hydrogen-bond donors (Lipinski definition) is 3. The highest BCUT2D eigenvalue weighted by molar-refractivity contribution is 6.39. The molecule has 0 atom stereocenters. The lowest BCUT2D eigenvalue weighted by atomic mass is 10.1. The Bertz CT molecular complexity index is 1030. The van der Waals surface area contributed by atoms with Gasteiger partial charge >= 0.3 is 5.97 Å². The van der Waals surface area contributed by atoms with E-state index in [1.165, 1.54) is 0 Å². The second-order valence-corrected chi connectivity index (χ2v) is 7.51. The van der Waals surface area contributed by atoms with Crippen molar-refractivity contribution >= 4 is 52.1 Å². The molecule has 0 unspecified atom stereocenters. The third-order valence-electron chi connectivity index (χ3n) is 4.46. The fourth-order valence-corrected chi connectivity index (χ4v) is 3.42. The van der Waals surface area contributed by atoms with Crippen LogP contribution in [0.5, 0.6) is 0 Å². The third-order valence-corrected chi connectivity index (χ3v) is 5.09. The highest BCUT2D eigenvalue weighted by atomic mass is 35.5. The van der Waals surface area contributed by atoms with E-state index in [1.54, 1.807) is 30.3 Å². The number of aliphatic carboxylic acids is 1. The van der Waals surface area contributed by atoms with E-state index in [9.17, 15) is 9.59 Å². The van der Waals surface area contributed by atoms with Crippen LogP contribution >= 0.6 is 23.2 Å². The Labute approximate surface area is 184 Å². The molecule has 0 aliphatic heterocycles. The number of carboxylic acids is 1. The number of carbonyl (C=O) groups excluding carboxylic acids is 1. The summed E-state index contributed by atoms with van der Waals surface area (Å²) in [5.41, 5.74) is 3.68. The predicted octanol–water partition coefficient (Wildman–Crippen LogP) is 5.94. The highest BCUT2D eigenvalue weighted by Crippen LogP contribution is 2.33. The normalized spacial score (nSPS) is 10.5. The van der Waals surface area contributed by atoms with Gasteiger partial charge < -0.3 is 15.7 Å². The molecule has 0 fully saturated rings. The van der Waals surface area contributed by atoms with Crippen LogP contribution in [0, 0.1) is 0 Å². The van der Waals surface area contributed by atoms with Crippen molar-refractivity contribution < 1.29 is 14.7 Å². The van der Waals surface area contributed by atoms with E-state index in [1.807, 2.05) is 36.4 Å². The summed E-state index contributed by atoms with van der Waals surface area (Å²) in [6, 6.07) is 19.9. The molecule has 5 nitrogen and oxygen atoms in total. The van der Waals surface area contributed by atoms with E-state index in [0.29, 0.717) is 27.8 Å². The lowest BCUT2D eigenvalue weighted by Gasteiger charge is -2.14. The zero-order valence-corrected chi connectivity index (χ0v) is 17.5. The molecule has 0 spiro atoms. The Kier molecular flexibility index (Phi) is 7.33. The van der Waals surface area contributed by atoms with E-state index in [4.69, 9.17) is 28.3 Å². The Hall–Kier alpha value is -3.02. The number of benzene rings is 3. The third kappa shape index (κ3) is 5.99. The van der Waals surface area contributed by atoms with Crippen molar-refractivity contribution in [2.75, 3.05) is 10.6 Å². The highest BCUT2D eigenvalue weighted by Gasteiger charge is 2.11. The van der Waals surface area contributed by atoms with Crippen molar-refractivity contribution in [2.45, 2.75) is 19.3 Å². The molecule has 0 heterocycles. The summed E-state index contributed by atoms with van der Waals surface area (Å²) in [6.45, 7) is 0. The Morgan fingerprint density at radius 1 is 0.867 bits per heavy atom. The van der Waals surface area contributed by atoms with Gasteiger partial charge in [-0.05, 0) is 47.9 Å². The molecule has 3 N–H and O–H groups in total. The zero-order chi connectivity index (χ0) is 21.5. The van der Waals surface area contributed by atoms with Gasteiger partial charge in [-0.3, -0.25) is 9.59 Å². The van der Waals surface area contributed by atoms with Crippen LogP contribution in [0.2, 0.25) is 10.0 Å². The Morgan fingerprint density at radius 2 is 1.53 bits per heavy atom. The van der Waals surface area contributed by atoms with Gasteiger partial charge in [-0.1, -0.05) is 59.6 Å². The van der Waals surface area contributed by atoms with Gasteiger partial charge in [0.2, 0.25) is 5.91 Å². The molecule has 3 rings (SSSR count). The van der Waals surface area contributed by atoms with Crippen LogP contribution in [0.4, 0.5) is 17.1 Å². The van der Waals surface area contributed by atoms with Crippen LogP contribution in [0.1, 0.15) is 17.5 Å². The van der Waals surface area contributed by atoms with Crippen LogP contribution in [-0.2, 0) is 22.4 Å². The van der Waals surface area contributed by atoms with Crippen LogP contribution in [0.3, 0.4) is 0 Å². The second-order valence-electron chi connectivity index (χ2n) is 6.69.